The van der Waals surface area contributed by atoms with Crippen LogP contribution in [0.25, 0.3) is 0 Å². The molecule has 2 amide bonds. The van der Waals surface area contributed by atoms with E-state index in [1.165, 1.54) is 12.5 Å². The van der Waals surface area contributed by atoms with Crippen LogP contribution in [0.3, 0.4) is 0 Å². The molecule has 2 rings (SSSR count). The predicted octanol–water partition coefficient (Wildman–Crippen LogP) is 2.97. The van der Waals surface area contributed by atoms with E-state index in [1.807, 2.05) is 30.3 Å². The van der Waals surface area contributed by atoms with Gasteiger partial charge in [-0.15, -0.1) is 0 Å². The second kappa shape index (κ2) is 9.37. The third kappa shape index (κ3) is 6.59. The summed E-state index contributed by atoms with van der Waals surface area (Å²) in [6.07, 6.45) is 1.49. The Morgan fingerprint density at radius 2 is 1.56 bits per heavy atom. The normalized spacial score (nSPS) is 10.1. The van der Waals surface area contributed by atoms with Crippen molar-refractivity contribution in [1.29, 1.82) is 0 Å². The Kier molecular flexibility index (Phi) is 6.89. The molecule has 2 N–H and O–H groups in total. The van der Waals surface area contributed by atoms with Gasteiger partial charge in [0.05, 0.1) is 0 Å². The van der Waals surface area contributed by atoms with E-state index < -0.39 is 0 Å². The minimum atomic E-state index is -0.379. The van der Waals surface area contributed by atoms with Gasteiger partial charge in [0.15, 0.2) is 5.78 Å². The number of amides is 2. The summed E-state index contributed by atoms with van der Waals surface area (Å²) < 4.78 is 0. The van der Waals surface area contributed by atoms with Gasteiger partial charge < -0.3 is 10.6 Å². The van der Waals surface area contributed by atoms with Gasteiger partial charge >= 0.3 is 0 Å². The summed E-state index contributed by atoms with van der Waals surface area (Å²) in [5.41, 5.74) is 2.37. The highest BCUT2D eigenvalue weighted by atomic mass is 16.2. The van der Waals surface area contributed by atoms with Crippen molar-refractivity contribution >= 4 is 23.3 Å². The van der Waals surface area contributed by atoms with E-state index in [-0.39, 0.29) is 24.0 Å². The minimum Gasteiger partial charge on any atom is -0.356 e. The summed E-state index contributed by atoms with van der Waals surface area (Å²) >= 11 is 0. The van der Waals surface area contributed by atoms with Crippen molar-refractivity contribution in [3.05, 3.63) is 65.7 Å². The zero-order chi connectivity index (χ0) is 18.1. The summed E-state index contributed by atoms with van der Waals surface area (Å²) in [5.74, 6) is -0.713. The number of carbonyl (C=O) groups excluding carboxylic acids is 3. The first-order valence-electron chi connectivity index (χ1n) is 8.26. The Morgan fingerprint density at radius 1 is 0.880 bits per heavy atom. The zero-order valence-electron chi connectivity index (χ0n) is 14.2. The lowest BCUT2D eigenvalue weighted by Gasteiger charge is -2.07. The van der Waals surface area contributed by atoms with Crippen LogP contribution in [0.2, 0.25) is 0 Å². The molecule has 5 nitrogen and oxygen atoms in total. The zero-order valence-corrected chi connectivity index (χ0v) is 14.2. The van der Waals surface area contributed by atoms with Crippen LogP contribution in [-0.2, 0) is 16.0 Å². The van der Waals surface area contributed by atoms with Crippen molar-refractivity contribution in [2.24, 2.45) is 0 Å². The SMILES string of the molecule is CC(=O)c1ccc(NC(=O)CC(=O)NCCCc2ccccc2)cc1. The van der Waals surface area contributed by atoms with Crippen LogP contribution >= 0.6 is 0 Å². The molecule has 0 aromatic heterocycles. The fraction of sp³-hybridized carbons (Fsp3) is 0.250. The summed E-state index contributed by atoms with van der Waals surface area (Å²) in [6.45, 7) is 2.02. The van der Waals surface area contributed by atoms with Gasteiger partial charge in [0.25, 0.3) is 0 Å². The van der Waals surface area contributed by atoms with Gasteiger partial charge in [0.1, 0.15) is 6.42 Å². The molecular weight excluding hydrogens is 316 g/mol. The van der Waals surface area contributed by atoms with E-state index in [0.717, 1.165) is 12.8 Å². The first-order valence-corrected chi connectivity index (χ1v) is 8.26. The molecule has 0 atom stereocenters. The highest BCUT2D eigenvalue weighted by molar-refractivity contribution is 6.03. The highest BCUT2D eigenvalue weighted by Crippen LogP contribution is 2.10. The van der Waals surface area contributed by atoms with Crippen LogP contribution in [0.15, 0.2) is 54.6 Å². The standard InChI is InChI=1S/C20H22N2O3/c1-15(23)17-9-11-18(12-10-17)22-20(25)14-19(24)21-13-5-8-16-6-3-2-4-7-16/h2-4,6-7,9-12H,5,8,13-14H2,1H3,(H,21,24)(H,22,25). The van der Waals surface area contributed by atoms with Gasteiger partial charge in [-0.1, -0.05) is 30.3 Å². The number of hydrogen-bond acceptors (Lipinski definition) is 3. The van der Waals surface area contributed by atoms with Crippen LogP contribution in [0.1, 0.15) is 35.7 Å². The molecule has 0 fully saturated rings. The molecule has 0 saturated heterocycles. The average molecular weight is 338 g/mol. The van der Waals surface area contributed by atoms with E-state index >= 15 is 0 Å². The molecule has 0 bridgehead atoms. The smallest absolute Gasteiger partial charge is 0.233 e. The molecule has 25 heavy (non-hydrogen) atoms. The third-order valence-electron chi connectivity index (χ3n) is 3.70. The van der Waals surface area contributed by atoms with Gasteiger partial charge in [-0.05, 0) is 49.6 Å². The van der Waals surface area contributed by atoms with Crippen molar-refractivity contribution in [2.75, 3.05) is 11.9 Å². The second-order valence-corrected chi connectivity index (χ2v) is 5.80. The first-order chi connectivity index (χ1) is 12.0. The topological polar surface area (TPSA) is 75.3 Å². The van der Waals surface area contributed by atoms with Gasteiger partial charge in [-0.25, -0.2) is 0 Å². The maximum absolute atomic E-state index is 11.9. The Morgan fingerprint density at radius 3 is 2.20 bits per heavy atom. The third-order valence-corrected chi connectivity index (χ3v) is 3.70. The van der Waals surface area contributed by atoms with Crippen LogP contribution in [0.4, 0.5) is 5.69 Å². The quantitative estimate of drug-likeness (QED) is 0.441. The number of anilines is 1. The number of carbonyl (C=O) groups is 3. The van der Waals surface area contributed by atoms with Crippen LogP contribution in [0, 0.1) is 0 Å². The maximum Gasteiger partial charge on any atom is 0.233 e. The molecule has 0 spiro atoms. The summed E-state index contributed by atoms with van der Waals surface area (Å²) in [6, 6.07) is 16.6. The van der Waals surface area contributed by atoms with Crippen molar-refractivity contribution in [2.45, 2.75) is 26.2 Å². The fourth-order valence-corrected chi connectivity index (χ4v) is 2.37. The molecule has 130 valence electrons. The summed E-state index contributed by atoms with van der Waals surface area (Å²) in [7, 11) is 0. The molecule has 0 aliphatic heterocycles. The molecule has 2 aromatic carbocycles. The molecular formula is C20H22N2O3. The molecule has 2 aromatic rings. The number of nitrogens with one attached hydrogen (secondary N) is 2. The van der Waals surface area contributed by atoms with E-state index in [1.54, 1.807) is 24.3 Å². The molecule has 0 saturated carbocycles. The fourth-order valence-electron chi connectivity index (χ4n) is 2.37. The lowest BCUT2D eigenvalue weighted by molar-refractivity contribution is -0.126. The number of hydrogen-bond donors (Lipinski definition) is 2. The molecule has 0 aliphatic rings. The van der Waals surface area contributed by atoms with Crippen LogP contribution in [0.5, 0.6) is 0 Å². The van der Waals surface area contributed by atoms with E-state index in [9.17, 15) is 14.4 Å². The van der Waals surface area contributed by atoms with Gasteiger partial charge in [-0.3, -0.25) is 14.4 Å². The van der Waals surface area contributed by atoms with Gasteiger partial charge in [0.2, 0.25) is 11.8 Å². The molecule has 5 heteroatoms. The number of ketones is 1. The van der Waals surface area contributed by atoms with Crippen LogP contribution in [-0.4, -0.2) is 24.1 Å². The minimum absolute atomic E-state index is 0.0345. The first kappa shape index (κ1) is 18.4. The highest BCUT2D eigenvalue weighted by Gasteiger charge is 2.09. The number of Topliss-reactive ketones (excluding diaryl/α,β-unsaturated/α-hetero) is 1. The molecule has 0 radical (unpaired) electrons. The Balaban J connectivity index is 1.67. The van der Waals surface area contributed by atoms with Gasteiger partial charge in [-0.2, -0.15) is 0 Å². The lowest BCUT2D eigenvalue weighted by atomic mass is 10.1. The summed E-state index contributed by atoms with van der Waals surface area (Å²) in [5, 5.41) is 5.39. The Labute approximate surface area is 147 Å². The van der Waals surface area contributed by atoms with E-state index in [4.69, 9.17) is 0 Å². The summed E-state index contributed by atoms with van der Waals surface area (Å²) in [4.78, 5) is 34.8. The maximum atomic E-state index is 11.9. The van der Waals surface area contributed by atoms with Crippen molar-refractivity contribution in [1.82, 2.24) is 5.32 Å². The lowest BCUT2D eigenvalue weighted by Crippen LogP contribution is -2.29. The van der Waals surface area contributed by atoms with E-state index in [2.05, 4.69) is 10.6 Å². The monoisotopic (exact) mass is 338 g/mol. The molecule has 0 aliphatic carbocycles. The molecule has 0 heterocycles. The second-order valence-electron chi connectivity index (χ2n) is 5.80. The van der Waals surface area contributed by atoms with E-state index in [0.29, 0.717) is 17.8 Å². The van der Waals surface area contributed by atoms with Crippen molar-refractivity contribution in [3.8, 4) is 0 Å². The van der Waals surface area contributed by atoms with Crippen molar-refractivity contribution < 1.29 is 14.4 Å². The number of rotatable bonds is 8. The van der Waals surface area contributed by atoms with Crippen molar-refractivity contribution in [3.63, 3.8) is 0 Å². The molecule has 0 unspecified atom stereocenters. The number of aryl methyl sites for hydroxylation is 1. The Bertz CT molecular complexity index is 724. The average Bonchev–Trinajstić information content (AvgIpc) is 2.60. The predicted molar refractivity (Wildman–Crippen MR) is 97.5 cm³/mol. The van der Waals surface area contributed by atoms with Crippen LogP contribution < -0.4 is 10.6 Å². The number of benzene rings is 2. The Hall–Kier alpha value is -2.95. The largest absolute Gasteiger partial charge is 0.356 e. The van der Waals surface area contributed by atoms with Gasteiger partial charge in [0, 0.05) is 17.8 Å².